The quantitative estimate of drug-likeness (QED) is 0.878. The number of ether oxygens (including phenoxy) is 2. The van der Waals surface area contributed by atoms with Crippen molar-refractivity contribution in [1.29, 1.82) is 0 Å². The molecule has 1 atom stereocenters. The molecule has 0 aliphatic rings. The van der Waals surface area contributed by atoms with Gasteiger partial charge in [0.15, 0.2) is 0 Å². The van der Waals surface area contributed by atoms with Crippen molar-refractivity contribution in [3.05, 3.63) is 28.0 Å². The molecule has 0 amide bonds. The van der Waals surface area contributed by atoms with Crippen LogP contribution in [0.5, 0.6) is 11.8 Å². The van der Waals surface area contributed by atoms with Crippen LogP contribution in [0.1, 0.15) is 29.4 Å². The van der Waals surface area contributed by atoms with Gasteiger partial charge in [-0.25, -0.2) is 9.97 Å². The van der Waals surface area contributed by atoms with E-state index in [4.69, 9.17) is 9.47 Å². The van der Waals surface area contributed by atoms with Crippen molar-refractivity contribution >= 4 is 11.3 Å². The molecule has 108 valence electrons. The van der Waals surface area contributed by atoms with E-state index in [1.54, 1.807) is 31.8 Å². The van der Waals surface area contributed by atoms with Gasteiger partial charge in [-0.2, -0.15) is 4.98 Å². The maximum Gasteiger partial charge on any atom is 0.240 e. The van der Waals surface area contributed by atoms with Crippen LogP contribution in [0.15, 0.2) is 11.6 Å². The topological polar surface area (TPSA) is 69.2 Å². The molecule has 0 fully saturated rings. The van der Waals surface area contributed by atoms with E-state index in [0.29, 0.717) is 17.5 Å². The van der Waals surface area contributed by atoms with Gasteiger partial charge in [-0.3, -0.25) is 0 Å². The zero-order chi connectivity index (χ0) is 14.5. The smallest absolute Gasteiger partial charge is 0.240 e. The molecular weight excluding hydrogens is 276 g/mol. The molecule has 6 nitrogen and oxygen atoms in total. The first-order valence-corrected chi connectivity index (χ1v) is 7.17. The third-order valence-electron chi connectivity index (χ3n) is 2.76. The number of rotatable bonds is 6. The number of methoxy groups -OCH3 is 2. The summed E-state index contributed by atoms with van der Waals surface area (Å²) in [4.78, 5) is 13.2. The van der Waals surface area contributed by atoms with Gasteiger partial charge in [0.1, 0.15) is 5.69 Å². The lowest BCUT2D eigenvalue weighted by molar-refractivity contribution is 0.352. The second-order valence-electron chi connectivity index (χ2n) is 4.09. The van der Waals surface area contributed by atoms with Crippen LogP contribution in [0, 0.1) is 6.92 Å². The van der Waals surface area contributed by atoms with E-state index in [2.05, 4.69) is 20.3 Å². The number of nitrogens with zero attached hydrogens (tertiary/aromatic N) is 3. The Balaban J connectivity index is 2.43. The molecule has 20 heavy (non-hydrogen) atoms. The average molecular weight is 294 g/mol. The Morgan fingerprint density at radius 2 is 2.10 bits per heavy atom. The van der Waals surface area contributed by atoms with Gasteiger partial charge >= 0.3 is 0 Å². The van der Waals surface area contributed by atoms with E-state index in [-0.39, 0.29) is 6.04 Å². The van der Waals surface area contributed by atoms with Crippen LogP contribution < -0.4 is 14.8 Å². The summed E-state index contributed by atoms with van der Waals surface area (Å²) in [6.07, 6.45) is 1.58. The number of hydrogen-bond acceptors (Lipinski definition) is 7. The van der Waals surface area contributed by atoms with Gasteiger partial charge in [0.25, 0.3) is 0 Å². The molecule has 7 heteroatoms. The molecule has 2 aromatic rings. The van der Waals surface area contributed by atoms with E-state index in [1.807, 2.05) is 19.2 Å². The van der Waals surface area contributed by atoms with Gasteiger partial charge in [-0.05, 0) is 13.5 Å². The Morgan fingerprint density at radius 3 is 2.65 bits per heavy atom. The maximum atomic E-state index is 5.33. The van der Waals surface area contributed by atoms with Crippen molar-refractivity contribution < 1.29 is 9.47 Å². The maximum absolute atomic E-state index is 5.33. The summed E-state index contributed by atoms with van der Waals surface area (Å²) in [7, 11) is 3.12. The van der Waals surface area contributed by atoms with E-state index in [9.17, 15) is 0 Å². The van der Waals surface area contributed by atoms with Crippen LogP contribution in [0.25, 0.3) is 0 Å². The molecule has 0 aromatic carbocycles. The number of thiazole rings is 1. The molecule has 2 rings (SSSR count). The minimum absolute atomic E-state index is 0.140. The molecule has 1 unspecified atom stereocenters. The Labute approximate surface area is 122 Å². The zero-order valence-corrected chi connectivity index (χ0v) is 12.8. The summed E-state index contributed by atoms with van der Waals surface area (Å²) in [5, 5.41) is 6.40. The average Bonchev–Trinajstić information content (AvgIpc) is 2.90. The van der Waals surface area contributed by atoms with Crippen molar-refractivity contribution in [1.82, 2.24) is 20.3 Å². The van der Waals surface area contributed by atoms with Gasteiger partial charge in [0.2, 0.25) is 11.8 Å². The first-order chi connectivity index (χ1) is 9.69. The molecule has 0 saturated heterocycles. The van der Waals surface area contributed by atoms with E-state index in [1.165, 1.54) is 0 Å². The molecule has 2 heterocycles. The van der Waals surface area contributed by atoms with E-state index >= 15 is 0 Å². The largest absolute Gasteiger partial charge is 0.480 e. The Bertz CT molecular complexity index is 573. The van der Waals surface area contributed by atoms with E-state index in [0.717, 1.165) is 17.2 Å². The molecule has 0 aliphatic heterocycles. The molecule has 0 bridgehead atoms. The number of aryl methyl sites for hydroxylation is 1. The molecule has 2 aromatic heterocycles. The van der Waals surface area contributed by atoms with Crippen molar-refractivity contribution in [2.75, 3.05) is 20.8 Å². The van der Waals surface area contributed by atoms with Gasteiger partial charge in [-0.15, -0.1) is 11.3 Å². The molecule has 0 saturated carbocycles. The van der Waals surface area contributed by atoms with Crippen LogP contribution in [0.4, 0.5) is 0 Å². The van der Waals surface area contributed by atoms with Crippen LogP contribution in [-0.4, -0.2) is 35.7 Å². The highest BCUT2D eigenvalue weighted by Gasteiger charge is 2.23. The Morgan fingerprint density at radius 1 is 1.30 bits per heavy atom. The summed E-state index contributed by atoms with van der Waals surface area (Å²) in [5.74, 6) is 0.872. The first-order valence-electron chi connectivity index (χ1n) is 6.29. The van der Waals surface area contributed by atoms with E-state index < -0.39 is 0 Å². The Hall–Kier alpha value is -1.73. The molecule has 0 spiro atoms. The highest BCUT2D eigenvalue weighted by Crippen LogP contribution is 2.28. The fraction of sp³-hybridized carbons (Fsp3) is 0.462. The van der Waals surface area contributed by atoms with Gasteiger partial charge in [0.05, 0.1) is 37.2 Å². The monoisotopic (exact) mass is 294 g/mol. The normalized spacial score (nSPS) is 12.2. The predicted molar refractivity (Wildman–Crippen MR) is 77.5 cm³/mol. The van der Waals surface area contributed by atoms with Crippen LogP contribution in [-0.2, 0) is 0 Å². The first kappa shape index (κ1) is 14.7. The lowest BCUT2D eigenvalue weighted by Crippen LogP contribution is -2.24. The molecule has 0 aliphatic carbocycles. The fourth-order valence-corrected chi connectivity index (χ4v) is 2.51. The predicted octanol–water partition coefficient (Wildman–Crippen LogP) is 1.96. The highest BCUT2D eigenvalue weighted by atomic mass is 32.1. The highest BCUT2D eigenvalue weighted by molar-refractivity contribution is 7.09. The molecule has 1 N–H and O–H groups in total. The summed E-state index contributed by atoms with van der Waals surface area (Å²) >= 11 is 1.61. The SMILES string of the molecule is CCNC(c1csc(C)n1)c1ncc(OC)nc1OC. The van der Waals surface area contributed by atoms with Gasteiger partial charge in [-0.1, -0.05) is 6.92 Å². The second kappa shape index (κ2) is 6.62. The molecular formula is C13H18N4O2S. The zero-order valence-electron chi connectivity index (χ0n) is 12.0. The number of aromatic nitrogens is 3. The lowest BCUT2D eigenvalue weighted by Gasteiger charge is -2.17. The minimum atomic E-state index is -0.140. The van der Waals surface area contributed by atoms with Gasteiger partial charge < -0.3 is 14.8 Å². The Kier molecular flexibility index (Phi) is 4.86. The minimum Gasteiger partial charge on any atom is -0.480 e. The third kappa shape index (κ3) is 3.05. The third-order valence-corrected chi connectivity index (χ3v) is 3.55. The molecule has 0 radical (unpaired) electrons. The standard InChI is InChI=1S/C13H18N4O2S/c1-5-14-11(9-7-20-8(2)16-9)12-13(19-4)17-10(18-3)6-15-12/h6-7,11,14H,5H2,1-4H3. The van der Waals surface area contributed by atoms with Crippen molar-refractivity contribution in [2.24, 2.45) is 0 Å². The van der Waals surface area contributed by atoms with Gasteiger partial charge in [0, 0.05) is 5.38 Å². The summed E-state index contributed by atoms with van der Waals surface area (Å²) in [5.41, 5.74) is 1.63. The summed E-state index contributed by atoms with van der Waals surface area (Å²) < 4.78 is 10.4. The van der Waals surface area contributed by atoms with Crippen molar-refractivity contribution in [3.8, 4) is 11.8 Å². The number of hydrogen-bond donors (Lipinski definition) is 1. The van der Waals surface area contributed by atoms with Crippen molar-refractivity contribution in [3.63, 3.8) is 0 Å². The van der Waals surface area contributed by atoms with Crippen molar-refractivity contribution in [2.45, 2.75) is 19.9 Å². The van der Waals surface area contributed by atoms with Crippen LogP contribution >= 0.6 is 11.3 Å². The second-order valence-corrected chi connectivity index (χ2v) is 5.15. The van der Waals surface area contributed by atoms with Crippen LogP contribution in [0.3, 0.4) is 0 Å². The number of nitrogens with one attached hydrogen (secondary N) is 1. The summed E-state index contributed by atoms with van der Waals surface area (Å²) in [6, 6.07) is -0.140. The summed E-state index contributed by atoms with van der Waals surface area (Å²) in [6.45, 7) is 4.81. The fourth-order valence-electron chi connectivity index (χ4n) is 1.87. The van der Waals surface area contributed by atoms with Crippen LogP contribution in [0.2, 0.25) is 0 Å². The lowest BCUT2D eigenvalue weighted by atomic mass is 10.1.